The van der Waals surface area contributed by atoms with E-state index < -0.39 is 6.10 Å². The number of methoxy groups -OCH3 is 2. The molecule has 2 atom stereocenters. The number of nitrogens with one attached hydrogen (secondary N) is 1. The van der Waals surface area contributed by atoms with Crippen LogP contribution in [-0.4, -0.2) is 44.6 Å². The van der Waals surface area contributed by atoms with Gasteiger partial charge in [0.2, 0.25) is 0 Å². The second-order valence-electron chi connectivity index (χ2n) is 3.93. The van der Waals surface area contributed by atoms with Gasteiger partial charge in [-0.2, -0.15) is 0 Å². The first-order valence-corrected chi connectivity index (χ1v) is 5.51. The molecule has 1 aromatic carbocycles. The van der Waals surface area contributed by atoms with Gasteiger partial charge >= 0.3 is 0 Å². The van der Waals surface area contributed by atoms with Crippen LogP contribution in [0, 0.1) is 0 Å². The molecule has 0 aliphatic carbocycles. The summed E-state index contributed by atoms with van der Waals surface area (Å²) in [6.45, 7) is 1.20. The molecule has 17 heavy (non-hydrogen) atoms. The van der Waals surface area contributed by atoms with Crippen LogP contribution >= 0.6 is 0 Å². The van der Waals surface area contributed by atoms with Gasteiger partial charge in [0.15, 0.2) is 0 Å². The highest BCUT2D eigenvalue weighted by Gasteiger charge is 2.26. The number of benzene rings is 1. The summed E-state index contributed by atoms with van der Waals surface area (Å²) in [6, 6.07) is 5.32. The molecule has 0 aromatic heterocycles. The second kappa shape index (κ2) is 5.25. The van der Waals surface area contributed by atoms with Gasteiger partial charge in [-0.25, -0.2) is 0 Å². The maximum atomic E-state index is 9.65. The van der Waals surface area contributed by atoms with E-state index in [1.54, 1.807) is 32.4 Å². The van der Waals surface area contributed by atoms with Crippen LogP contribution in [0.4, 0.5) is 0 Å². The van der Waals surface area contributed by atoms with Crippen molar-refractivity contribution in [1.82, 2.24) is 5.32 Å². The standard InChI is InChI=1S/C12H17NO4/c1-15-8-3-9(16-2)5-10(4-8)17-12-7-13-6-11(12)14/h3-5,11-14H,6-7H2,1-2H3. The van der Waals surface area contributed by atoms with E-state index in [1.165, 1.54) is 0 Å². The normalized spacial score (nSPS) is 23.5. The molecule has 94 valence electrons. The summed E-state index contributed by atoms with van der Waals surface area (Å²) in [4.78, 5) is 0. The van der Waals surface area contributed by atoms with Gasteiger partial charge in [0.1, 0.15) is 29.5 Å². The van der Waals surface area contributed by atoms with Crippen molar-refractivity contribution in [1.29, 1.82) is 0 Å². The third kappa shape index (κ3) is 2.81. The number of β-amino-alcohol motifs (C(OH)–C–C–N with tert-alkyl or cyclic N) is 1. The second-order valence-corrected chi connectivity index (χ2v) is 3.93. The van der Waals surface area contributed by atoms with Crippen LogP contribution < -0.4 is 19.5 Å². The molecule has 0 bridgehead atoms. The molecule has 2 unspecified atom stereocenters. The van der Waals surface area contributed by atoms with Crippen molar-refractivity contribution >= 4 is 0 Å². The number of aliphatic hydroxyl groups excluding tert-OH is 1. The first kappa shape index (κ1) is 12.0. The average Bonchev–Trinajstić information content (AvgIpc) is 2.74. The van der Waals surface area contributed by atoms with Gasteiger partial charge in [0.25, 0.3) is 0 Å². The number of aliphatic hydroxyl groups is 1. The Labute approximate surface area is 100 Å². The summed E-state index contributed by atoms with van der Waals surface area (Å²) in [6.07, 6.45) is -0.709. The van der Waals surface area contributed by atoms with Crippen LogP contribution in [0.25, 0.3) is 0 Å². The van der Waals surface area contributed by atoms with Gasteiger partial charge < -0.3 is 24.6 Å². The first-order chi connectivity index (χ1) is 8.22. The molecule has 2 rings (SSSR count). The lowest BCUT2D eigenvalue weighted by molar-refractivity contribution is 0.0734. The molecule has 5 nitrogen and oxygen atoms in total. The van der Waals surface area contributed by atoms with Gasteiger partial charge in [-0.1, -0.05) is 0 Å². The number of ether oxygens (including phenoxy) is 3. The summed E-state index contributed by atoms with van der Waals surface area (Å²) < 4.78 is 16.0. The van der Waals surface area contributed by atoms with E-state index in [9.17, 15) is 5.11 Å². The van der Waals surface area contributed by atoms with E-state index in [-0.39, 0.29) is 6.10 Å². The Kier molecular flexibility index (Phi) is 3.71. The van der Waals surface area contributed by atoms with Crippen LogP contribution in [0.1, 0.15) is 0 Å². The fraction of sp³-hybridized carbons (Fsp3) is 0.500. The highest BCUT2D eigenvalue weighted by Crippen LogP contribution is 2.28. The zero-order chi connectivity index (χ0) is 12.3. The maximum Gasteiger partial charge on any atom is 0.138 e. The van der Waals surface area contributed by atoms with Gasteiger partial charge in [0, 0.05) is 31.3 Å². The first-order valence-electron chi connectivity index (χ1n) is 5.51. The molecule has 1 aliphatic rings. The van der Waals surface area contributed by atoms with Crippen molar-refractivity contribution in [2.75, 3.05) is 27.3 Å². The van der Waals surface area contributed by atoms with Crippen LogP contribution in [0.5, 0.6) is 17.2 Å². The molecule has 1 aromatic rings. The third-order valence-electron chi connectivity index (χ3n) is 2.74. The summed E-state index contributed by atoms with van der Waals surface area (Å²) in [5.41, 5.74) is 0. The topological polar surface area (TPSA) is 60.0 Å². The van der Waals surface area contributed by atoms with E-state index in [1.807, 2.05) is 0 Å². The molecule has 1 aliphatic heterocycles. The predicted octanol–water partition coefficient (Wildman–Crippen LogP) is 0.415. The molecular formula is C12H17NO4. The lowest BCUT2D eigenvalue weighted by Gasteiger charge is -2.17. The summed E-state index contributed by atoms with van der Waals surface area (Å²) >= 11 is 0. The number of hydrogen-bond acceptors (Lipinski definition) is 5. The maximum absolute atomic E-state index is 9.65. The Morgan fingerprint density at radius 1 is 1.06 bits per heavy atom. The number of hydrogen-bond donors (Lipinski definition) is 2. The summed E-state index contributed by atoms with van der Waals surface area (Å²) in [5.74, 6) is 1.97. The highest BCUT2D eigenvalue weighted by atomic mass is 16.5. The fourth-order valence-electron chi connectivity index (χ4n) is 1.79. The zero-order valence-electron chi connectivity index (χ0n) is 9.97. The Balaban J connectivity index is 2.14. The van der Waals surface area contributed by atoms with E-state index in [0.717, 1.165) is 0 Å². The van der Waals surface area contributed by atoms with E-state index in [4.69, 9.17) is 14.2 Å². The molecule has 1 saturated heterocycles. The van der Waals surface area contributed by atoms with Crippen LogP contribution in [0.2, 0.25) is 0 Å². The van der Waals surface area contributed by atoms with Crippen molar-refractivity contribution in [2.24, 2.45) is 0 Å². The Morgan fingerprint density at radius 3 is 2.12 bits per heavy atom. The van der Waals surface area contributed by atoms with Crippen molar-refractivity contribution < 1.29 is 19.3 Å². The van der Waals surface area contributed by atoms with E-state index in [2.05, 4.69) is 5.32 Å². The van der Waals surface area contributed by atoms with Gasteiger partial charge in [0.05, 0.1) is 14.2 Å². The summed E-state index contributed by atoms with van der Waals surface area (Å²) in [5, 5.41) is 12.7. The van der Waals surface area contributed by atoms with Crippen LogP contribution in [0.3, 0.4) is 0 Å². The van der Waals surface area contributed by atoms with Gasteiger partial charge in [-0.15, -0.1) is 0 Å². The van der Waals surface area contributed by atoms with Crippen molar-refractivity contribution in [2.45, 2.75) is 12.2 Å². The predicted molar refractivity (Wildman–Crippen MR) is 62.8 cm³/mol. The molecule has 2 N–H and O–H groups in total. The molecule has 1 fully saturated rings. The Hall–Kier alpha value is -1.46. The van der Waals surface area contributed by atoms with Crippen LogP contribution in [0.15, 0.2) is 18.2 Å². The monoisotopic (exact) mass is 239 g/mol. The molecule has 1 heterocycles. The smallest absolute Gasteiger partial charge is 0.138 e. The SMILES string of the molecule is COc1cc(OC)cc(OC2CNCC2O)c1. The van der Waals surface area contributed by atoms with Gasteiger partial charge in [-0.3, -0.25) is 0 Å². The lowest BCUT2D eigenvalue weighted by Crippen LogP contribution is -2.29. The molecule has 0 spiro atoms. The molecular weight excluding hydrogens is 222 g/mol. The van der Waals surface area contributed by atoms with E-state index in [0.29, 0.717) is 30.3 Å². The highest BCUT2D eigenvalue weighted by molar-refractivity contribution is 5.42. The Morgan fingerprint density at radius 2 is 1.65 bits per heavy atom. The minimum Gasteiger partial charge on any atom is -0.496 e. The number of rotatable bonds is 4. The fourth-order valence-corrected chi connectivity index (χ4v) is 1.79. The molecule has 0 radical (unpaired) electrons. The van der Waals surface area contributed by atoms with Crippen molar-refractivity contribution in [3.8, 4) is 17.2 Å². The largest absolute Gasteiger partial charge is 0.496 e. The van der Waals surface area contributed by atoms with Crippen molar-refractivity contribution in [3.05, 3.63) is 18.2 Å². The van der Waals surface area contributed by atoms with Gasteiger partial charge in [-0.05, 0) is 0 Å². The Bertz CT molecular complexity index is 361. The molecule has 5 heteroatoms. The minimum absolute atomic E-state index is 0.230. The third-order valence-corrected chi connectivity index (χ3v) is 2.74. The summed E-state index contributed by atoms with van der Waals surface area (Å²) in [7, 11) is 3.18. The van der Waals surface area contributed by atoms with Crippen molar-refractivity contribution in [3.63, 3.8) is 0 Å². The average molecular weight is 239 g/mol. The molecule has 0 amide bonds. The molecule has 0 saturated carbocycles. The van der Waals surface area contributed by atoms with Crippen LogP contribution in [-0.2, 0) is 0 Å². The zero-order valence-corrected chi connectivity index (χ0v) is 9.97. The van der Waals surface area contributed by atoms with E-state index >= 15 is 0 Å². The lowest BCUT2D eigenvalue weighted by atomic mass is 10.2. The quantitative estimate of drug-likeness (QED) is 0.797. The minimum atomic E-state index is -0.479.